The largest absolute Gasteiger partial charge is 0.547 e. The van der Waals surface area contributed by atoms with Crippen LogP contribution in [0.5, 0.6) is 0 Å². The van der Waals surface area contributed by atoms with E-state index in [-0.39, 0.29) is 5.41 Å². The van der Waals surface area contributed by atoms with Crippen molar-refractivity contribution < 1.29 is 4.43 Å². The number of hydrogen-bond acceptors (Lipinski definition) is 1. The Hall–Kier alpha value is -0.503. The molecule has 0 bridgehead atoms. The zero-order chi connectivity index (χ0) is 11.4. The van der Waals surface area contributed by atoms with Crippen molar-refractivity contribution >= 4 is 8.32 Å². The maximum absolute atomic E-state index is 6.06. The summed E-state index contributed by atoms with van der Waals surface area (Å²) in [5.41, 5.74) is 0.100. The molecular weight excluding hydrogens is 188 g/mol. The predicted molar refractivity (Wildman–Crippen MR) is 66.8 cm³/mol. The van der Waals surface area contributed by atoms with Crippen LogP contribution in [0.1, 0.15) is 27.2 Å². The zero-order valence-electron chi connectivity index (χ0n) is 10.5. The molecule has 0 N–H and O–H groups in total. The summed E-state index contributed by atoms with van der Waals surface area (Å²) in [6.45, 7) is 16.9. The van der Waals surface area contributed by atoms with Gasteiger partial charge in [-0.05, 0) is 32.1 Å². The minimum Gasteiger partial charge on any atom is -0.547 e. The highest BCUT2D eigenvalue weighted by Crippen LogP contribution is 2.29. The van der Waals surface area contributed by atoms with E-state index in [1.165, 1.54) is 0 Å². The van der Waals surface area contributed by atoms with Crippen LogP contribution in [0.3, 0.4) is 0 Å². The van der Waals surface area contributed by atoms with E-state index in [0.717, 1.165) is 12.2 Å². The van der Waals surface area contributed by atoms with E-state index in [4.69, 9.17) is 4.43 Å². The summed E-state index contributed by atoms with van der Waals surface area (Å²) < 4.78 is 6.06. The summed E-state index contributed by atoms with van der Waals surface area (Å²) in [5.74, 6) is 1.11. The second-order valence-corrected chi connectivity index (χ2v) is 9.99. The van der Waals surface area contributed by atoms with E-state index in [9.17, 15) is 0 Å². The summed E-state index contributed by atoms with van der Waals surface area (Å²) in [7, 11) is -1.48. The van der Waals surface area contributed by atoms with Crippen LogP contribution in [0, 0.1) is 5.41 Å². The summed E-state index contributed by atoms with van der Waals surface area (Å²) in [5, 5.41) is 0. The van der Waals surface area contributed by atoms with Crippen LogP contribution >= 0.6 is 0 Å². The Balaban J connectivity index is 4.66. The normalized spacial score (nSPS) is 14.0. The molecule has 0 radical (unpaired) electrons. The minimum absolute atomic E-state index is 0.100. The SMILES string of the molecule is C=CC/C=C(\O[Si](C)(C)C)C(C)(C)C. The quantitative estimate of drug-likeness (QED) is 0.382. The molecule has 0 unspecified atom stereocenters. The molecule has 0 saturated carbocycles. The topological polar surface area (TPSA) is 9.23 Å². The molecular formula is C12H24OSi. The van der Waals surface area contributed by atoms with Crippen molar-refractivity contribution in [2.45, 2.75) is 46.8 Å². The number of allylic oxidation sites excluding steroid dienone is 3. The van der Waals surface area contributed by atoms with E-state index in [2.05, 4.69) is 53.1 Å². The van der Waals surface area contributed by atoms with E-state index >= 15 is 0 Å². The van der Waals surface area contributed by atoms with Gasteiger partial charge in [-0.2, -0.15) is 0 Å². The minimum atomic E-state index is -1.48. The molecule has 0 saturated heterocycles. The lowest BCUT2D eigenvalue weighted by atomic mass is 9.93. The number of rotatable bonds is 4. The highest BCUT2D eigenvalue weighted by molar-refractivity contribution is 6.70. The van der Waals surface area contributed by atoms with E-state index < -0.39 is 8.32 Å². The van der Waals surface area contributed by atoms with Crippen molar-refractivity contribution in [3.63, 3.8) is 0 Å². The molecule has 0 aliphatic rings. The van der Waals surface area contributed by atoms with E-state index in [1.807, 2.05) is 6.08 Å². The van der Waals surface area contributed by atoms with Crippen molar-refractivity contribution in [2.24, 2.45) is 5.41 Å². The Kier molecular flexibility index (Phi) is 4.65. The molecule has 2 heteroatoms. The molecule has 14 heavy (non-hydrogen) atoms. The van der Waals surface area contributed by atoms with Crippen molar-refractivity contribution in [3.8, 4) is 0 Å². The van der Waals surface area contributed by atoms with Gasteiger partial charge in [-0.25, -0.2) is 0 Å². The molecule has 0 aromatic rings. The summed E-state index contributed by atoms with van der Waals surface area (Å²) in [6.07, 6.45) is 4.93. The fourth-order valence-electron chi connectivity index (χ4n) is 1.02. The average Bonchev–Trinajstić information content (AvgIpc) is 1.93. The lowest BCUT2D eigenvalue weighted by molar-refractivity contribution is 0.287. The predicted octanol–water partition coefficient (Wildman–Crippen LogP) is 4.34. The molecule has 0 aliphatic carbocycles. The Morgan fingerprint density at radius 3 is 2.07 bits per heavy atom. The van der Waals surface area contributed by atoms with Gasteiger partial charge in [0.15, 0.2) is 0 Å². The smallest absolute Gasteiger partial charge is 0.241 e. The van der Waals surface area contributed by atoms with Crippen molar-refractivity contribution in [1.82, 2.24) is 0 Å². The van der Waals surface area contributed by atoms with Crippen LogP contribution in [-0.4, -0.2) is 8.32 Å². The van der Waals surface area contributed by atoms with Crippen molar-refractivity contribution in [1.29, 1.82) is 0 Å². The van der Waals surface area contributed by atoms with Gasteiger partial charge in [0.1, 0.15) is 0 Å². The lowest BCUT2D eigenvalue weighted by Crippen LogP contribution is -2.29. The van der Waals surface area contributed by atoms with Crippen molar-refractivity contribution in [2.75, 3.05) is 0 Å². The first-order chi connectivity index (χ1) is 6.17. The molecule has 0 heterocycles. The van der Waals surface area contributed by atoms with Crippen LogP contribution in [-0.2, 0) is 4.43 Å². The van der Waals surface area contributed by atoms with Gasteiger partial charge >= 0.3 is 0 Å². The first kappa shape index (κ1) is 13.5. The lowest BCUT2D eigenvalue weighted by Gasteiger charge is -2.30. The third-order valence-electron chi connectivity index (χ3n) is 1.63. The van der Waals surface area contributed by atoms with Gasteiger partial charge in [0.25, 0.3) is 0 Å². The van der Waals surface area contributed by atoms with Crippen LogP contribution in [0.15, 0.2) is 24.5 Å². The fourth-order valence-corrected chi connectivity index (χ4v) is 2.07. The van der Waals surface area contributed by atoms with Gasteiger partial charge in [0.05, 0.1) is 5.76 Å². The zero-order valence-corrected chi connectivity index (χ0v) is 11.5. The van der Waals surface area contributed by atoms with Gasteiger partial charge in [-0.15, -0.1) is 6.58 Å². The molecule has 0 aromatic carbocycles. The van der Waals surface area contributed by atoms with E-state index in [0.29, 0.717) is 0 Å². The molecule has 1 nitrogen and oxygen atoms in total. The first-order valence-electron chi connectivity index (χ1n) is 5.17. The highest BCUT2D eigenvalue weighted by atomic mass is 28.4. The first-order valence-corrected chi connectivity index (χ1v) is 8.58. The fraction of sp³-hybridized carbons (Fsp3) is 0.667. The summed E-state index contributed by atoms with van der Waals surface area (Å²) >= 11 is 0. The molecule has 82 valence electrons. The van der Waals surface area contributed by atoms with E-state index in [1.54, 1.807) is 0 Å². The van der Waals surface area contributed by atoms with Crippen LogP contribution < -0.4 is 0 Å². The maximum Gasteiger partial charge on any atom is 0.241 e. The molecule has 0 rings (SSSR count). The second-order valence-electron chi connectivity index (χ2n) is 5.56. The molecule has 0 amide bonds. The second kappa shape index (κ2) is 4.83. The third-order valence-corrected chi connectivity index (χ3v) is 2.46. The van der Waals surface area contributed by atoms with Crippen LogP contribution in [0.25, 0.3) is 0 Å². The Morgan fingerprint density at radius 2 is 1.79 bits per heavy atom. The van der Waals surface area contributed by atoms with Gasteiger partial charge in [-0.3, -0.25) is 0 Å². The molecule has 0 spiro atoms. The van der Waals surface area contributed by atoms with Gasteiger partial charge in [-0.1, -0.05) is 26.8 Å². The Morgan fingerprint density at radius 1 is 1.29 bits per heavy atom. The third kappa shape index (κ3) is 6.03. The molecule has 0 aliphatic heterocycles. The van der Waals surface area contributed by atoms with Crippen LogP contribution in [0.2, 0.25) is 19.6 Å². The van der Waals surface area contributed by atoms with Crippen LogP contribution in [0.4, 0.5) is 0 Å². The average molecular weight is 212 g/mol. The monoisotopic (exact) mass is 212 g/mol. The van der Waals surface area contributed by atoms with Gasteiger partial charge < -0.3 is 4.43 Å². The number of hydrogen-bond donors (Lipinski definition) is 0. The van der Waals surface area contributed by atoms with Crippen molar-refractivity contribution in [3.05, 3.63) is 24.5 Å². The Bertz CT molecular complexity index is 215. The maximum atomic E-state index is 6.06. The van der Waals surface area contributed by atoms with Gasteiger partial charge in [0, 0.05) is 5.41 Å². The summed E-state index contributed by atoms with van der Waals surface area (Å²) in [6, 6.07) is 0. The molecule has 0 fully saturated rings. The standard InChI is InChI=1S/C12H24OSi/c1-8-9-10-11(12(2,3)4)13-14(5,6)7/h8,10H,1,9H2,2-7H3/b11-10-. The summed E-state index contributed by atoms with van der Waals surface area (Å²) in [4.78, 5) is 0. The molecule has 0 atom stereocenters. The molecule has 0 aromatic heterocycles. The highest BCUT2D eigenvalue weighted by Gasteiger charge is 2.24. The van der Waals surface area contributed by atoms with Gasteiger partial charge in [0.2, 0.25) is 8.32 Å². The Labute approximate surface area is 90.0 Å².